The Morgan fingerprint density at radius 2 is 2.16 bits per heavy atom. The Kier molecular flexibility index (Phi) is 4.59. The fourth-order valence-corrected chi connectivity index (χ4v) is 4.08. The Bertz CT molecular complexity index is 781. The minimum absolute atomic E-state index is 0.693. The van der Waals surface area contributed by atoms with Gasteiger partial charge in [-0.2, -0.15) is 5.26 Å². The van der Waals surface area contributed by atoms with Crippen LogP contribution in [0.1, 0.15) is 54.2 Å². The maximum Gasteiger partial charge on any atom is 0.111 e. The van der Waals surface area contributed by atoms with Gasteiger partial charge in [0.15, 0.2) is 0 Å². The number of nitriles is 1. The predicted octanol–water partition coefficient (Wildman–Crippen LogP) is 3.85. The number of aryl methyl sites for hydroxylation is 1. The van der Waals surface area contributed by atoms with Crippen molar-refractivity contribution in [3.63, 3.8) is 0 Å². The molecule has 1 atom stereocenters. The molecule has 4 heteroatoms. The van der Waals surface area contributed by atoms with Crippen LogP contribution >= 0.6 is 0 Å². The highest BCUT2D eigenvalue weighted by atomic mass is 15.1. The highest BCUT2D eigenvalue weighted by Crippen LogP contribution is 2.40. The highest BCUT2D eigenvalue weighted by Gasteiger charge is 2.30. The van der Waals surface area contributed by atoms with E-state index in [0.717, 1.165) is 31.7 Å². The third kappa shape index (κ3) is 3.77. The van der Waals surface area contributed by atoms with Crippen LogP contribution < -0.4 is 0 Å². The lowest BCUT2D eigenvalue weighted by atomic mass is 9.97. The normalized spacial score (nSPS) is 21.2. The average Bonchev–Trinajstić information content (AvgIpc) is 3.41. The quantitative estimate of drug-likeness (QED) is 0.834. The van der Waals surface area contributed by atoms with Gasteiger partial charge in [-0.3, -0.25) is 4.90 Å². The minimum Gasteiger partial charge on any atom is -0.332 e. The molecule has 2 aromatic rings. The smallest absolute Gasteiger partial charge is 0.111 e. The van der Waals surface area contributed by atoms with Gasteiger partial charge in [0.25, 0.3) is 0 Å². The first-order chi connectivity index (χ1) is 12.2. The topological polar surface area (TPSA) is 44.9 Å². The van der Waals surface area contributed by atoms with Crippen molar-refractivity contribution in [1.82, 2.24) is 14.5 Å². The summed E-state index contributed by atoms with van der Waals surface area (Å²) >= 11 is 0. The molecule has 1 aromatic heterocycles. The summed E-state index contributed by atoms with van der Waals surface area (Å²) in [5.74, 6) is 2.72. The summed E-state index contributed by atoms with van der Waals surface area (Å²) in [6.07, 6.45) is 7.22. The van der Waals surface area contributed by atoms with E-state index in [1.54, 1.807) is 0 Å². The van der Waals surface area contributed by atoms with Crippen molar-refractivity contribution < 1.29 is 0 Å². The first-order valence-corrected chi connectivity index (χ1v) is 9.46. The van der Waals surface area contributed by atoms with Crippen LogP contribution in [0.25, 0.3) is 0 Å². The molecule has 2 fully saturated rings. The van der Waals surface area contributed by atoms with Crippen LogP contribution in [-0.4, -0.2) is 27.5 Å². The number of likely N-dealkylation sites (tertiary alicyclic amines) is 1. The van der Waals surface area contributed by atoms with Crippen LogP contribution in [0, 0.1) is 24.2 Å². The summed E-state index contributed by atoms with van der Waals surface area (Å²) < 4.78 is 2.47. The molecule has 1 aromatic carbocycles. The lowest BCUT2D eigenvalue weighted by Crippen LogP contribution is -2.36. The van der Waals surface area contributed by atoms with Crippen LogP contribution in [0.2, 0.25) is 0 Å². The van der Waals surface area contributed by atoms with Gasteiger partial charge in [-0.25, -0.2) is 4.98 Å². The average molecular weight is 334 g/mol. The molecule has 1 saturated carbocycles. The van der Waals surface area contributed by atoms with Gasteiger partial charge in [0.05, 0.1) is 11.6 Å². The summed E-state index contributed by atoms with van der Waals surface area (Å²) in [6, 6.07) is 10.3. The maximum absolute atomic E-state index is 9.08. The molecule has 1 unspecified atom stereocenters. The molecule has 1 saturated heterocycles. The highest BCUT2D eigenvalue weighted by molar-refractivity contribution is 5.32. The van der Waals surface area contributed by atoms with Crippen molar-refractivity contribution >= 4 is 0 Å². The van der Waals surface area contributed by atoms with Gasteiger partial charge < -0.3 is 4.57 Å². The number of piperidine rings is 1. The molecule has 2 heterocycles. The molecule has 0 bridgehead atoms. The Hall–Kier alpha value is -2.12. The van der Waals surface area contributed by atoms with E-state index in [2.05, 4.69) is 33.5 Å². The van der Waals surface area contributed by atoms with Gasteiger partial charge in [-0.1, -0.05) is 12.1 Å². The van der Waals surface area contributed by atoms with E-state index in [1.807, 2.05) is 24.4 Å². The van der Waals surface area contributed by atoms with Gasteiger partial charge in [0.2, 0.25) is 0 Å². The van der Waals surface area contributed by atoms with Crippen LogP contribution in [0.3, 0.4) is 0 Å². The fraction of sp³-hybridized carbons (Fsp3) is 0.524. The van der Waals surface area contributed by atoms with Crippen molar-refractivity contribution in [2.75, 3.05) is 13.1 Å². The molecule has 4 rings (SSSR count). The van der Waals surface area contributed by atoms with Crippen LogP contribution in [0.5, 0.6) is 0 Å². The summed E-state index contributed by atoms with van der Waals surface area (Å²) in [5.41, 5.74) is 3.31. The van der Waals surface area contributed by atoms with E-state index in [4.69, 9.17) is 5.26 Å². The zero-order valence-electron chi connectivity index (χ0n) is 15.0. The molecule has 25 heavy (non-hydrogen) atoms. The standard InChI is InChI=1S/C21H26N4/c1-16-12-23-21(20-7-8-20)25(16)15-19-6-3-9-24(14-19)13-18-5-2-4-17(10-18)11-22/h2,4-5,10,12,19-20H,3,6-9,13-15H2,1H3. The zero-order valence-corrected chi connectivity index (χ0v) is 15.0. The molecule has 0 amide bonds. The third-order valence-corrected chi connectivity index (χ3v) is 5.53. The number of benzene rings is 1. The second-order valence-corrected chi connectivity index (χ2v) is 7.70. The Morgan fingerprint density at radius 1 is 1.28 bits per heavy atom. The van der Waals surface area contributed by atoms with Crippen molar-refractivity contribution in [1.29, 1.82) is 5.26 Å². The van der Waals surface area contributed by atoms with E-state index in [1.165, 1.54) is 42.8 Å². The van der Waals surface area contributed by atoms with Gasteiger partial charge in [0, 0.05) is 37.4 Å². The van der Waals surface area contributed by atoms with Gasteiger partial charge in [-0.15, -0.1) is 0 Å². The van der Waals surface area contributed by atoms with Crippen molar-refractivity contribution in [2.45, 2.75) is 51.6 Å². The van der Waals surface area contributed by atoms with Crippen LogP contribution in [0.4, 0.5) is 0 Å². The van der Waals surface area contributed by atoms with Gasteiger partial charge >= 0.3 is 0 Å². The van der Waals surface area contributed by atoms with E-state index < -0.39 is 0 Å². The first-order valence-electron chi connectivity index (χ1n) is 9.46. The van der Waals surface area contributed by atoms with E-state index in [-0.39, 0.29) is 0 Å². The molecular weight excluding hydrogens is 308 g/mol. The summed E-state index contributed by atoms with van der Waals surface area (Å²) in [7, 11) is 0. The second-order valence-electron chi connectivity index (χ2n) is 7.70. The lowest BCUT2D eigenvalue weighted by Gasteiger charge is -2.33. The zero-order chi connectivity index (χ0) is 17.2. The van der Waals surface area contributed by atoms with Crippen molar-refractivity contribution in [3.8, 4) is 6.07 Å². The second kappa shape index (κ2) is 7.01. The minimum atomic E-state index is 0.693. The summed E-state index contributed by atoms with van der Waals surface area (Å²) in [5, 5.41) is 9.08. The number of aromatic nitrogens is 2. The number of nitrogens with zero attached hydrogens (tertiary/aromatic N) is 4. The largest absolute Gasteiger partial charge is 0.332 e. The monoisotopic (exact) mass is 334 g/mol. The fourth-order valence-electron chi connectivity index (χ4n) is 4.08. The number of hydrogen-bond donors (Lipinski definition) is 0. The molecule has 0 radical (unpaired) electrons. The van der Waals surface area contributed by atoms with Crippen LogP contribution in [-0.2, 0) is 13.1 Å². The molecule has 130 valence electrons. The summed E-state index contributed by atoms with van der Waals surface area (Å²) in [6.45, 7) is 6.54. The van der Waals surface area contributed by atoms with Crippen LogP contribution in [0.15, 0.2) is 30.5 Å². The van der Waals surface area contributed by atoms with Crippen molar-refractivity contribution in [3.05, 3.63) is 53.1 Å². The number of rotatable bonds is 5. The Labute approximate surface area is 150 Å². The van der Waals surface area contributed by atoms with E-state index >= 15 is 0 Å². The molecule has 0 N–H and O–H groups in total. The Balaban J connectivity index is 1.41. The van der Waals surface area contributed by atoms with E-state index in [9.17, 15) is 0 Å². The van der Waals surface area contributed by atoms with Gasteiger partial charge in [-0.05, 0) is 62.8 Å². The predicted molar refractivity (Wildman–Crippen MR) is 98.1 cm³/mol. The molecule has 0 spiro atoms. The summed E-state index contributed by atoms with van der Waals surface area (Å²) in [4.78, 5) is 7.22. The SMILES string of the molecule is Cc1cnc(C2CC2)n1CC1CCCN(Cc2cccc(C#N)c2)C1. The Morgan fingerprint density at radius 3 is 2.96 bits per heavy atom. The van der Waals surface area contributed by atoms with Crippen molar-refractivity contribution in [2.24, 2.45) is 5.92 Å². The number of hydrogen-bond acceptors (Lipinski definition) is 3. The molecule has 1 aliphatic heterocycles. The van der Waals surface area contributed by atoms with Gasteiger partial charge in [0.1, 0.15) is 5.82 Å². The third-order valence-electron chi connectivity index (χ3n) is 5.53. The molecule has 4 nitrogen and oxygen atoms in total. The first kappa shape index (κ1) is 16.4. The molecular formula is C21H26N4. The lowest BCUT2D eigenvalue weighted by molar-refractivity contribution is 0.155. The number of imidazole rings is 1. The van der Waals surface area contributed by atoms with E-state index in [0.29, 0.717) is 11.8 Å². The molecule has 1 aliphatic carbocycles. The maximum atomic E-state index is 9.08. The molecule has 2 aliphatic rings.